The van der Waals surface area contributed by atoms with Gasteiger partial charge in [-0.1, -0.05) is 18.2 Å². The van der Waals surface area contributed by atoms with Crippen LogP contribution in [0.5, 0.6) is 5.75 Å². The molecule has 108 valence electrons. The van der Waals surface area contributed by atoms with E-state index in [1.54, 1.807) is 14.0 Å². The van der Waals surface area contributed by atoms with Crippen molar-refractivity contribution in [3.05, 3.63) is 48.0 Å². The summed E-state index contributed by atoms with van der Waals surface area (Å²) < 4.78 is 11.0. The highest BCUT2D eigenvalue weighted by molar-refractivity contribution is 7.99. The normalized spacial score (nSPS) is 12.5. The van der Waals surface area contributed by atoms with Crippen LogP contribution in [0.2, 0.25) is 0 Å². The van der Waals surface area contributed by atoms with E-state index in [1.165, 1.54) is 11.8 Å². The molecule has 5 heteroatoms. The van der Waals surface area contributed by atoms with E-state index in [-0.39, 0.29) is 0 Å². The van der Waals surface area contributed by atoms with E-state index in [0.717, 1.165) is 21.6 Å². The van der Waals surface area contributed by atoms with Crippen LogP contribution in [0.3, 0.4) is 0 Å². The number of aliphatic hydroxyl groups is 1. The van der Waals surface area contributed by atoms with Gasteiger partial charge in [-0.2, -0.15) is 0 Å². The molecule has 1 N–H and O–H groups in total. The summed E-state index contributed by atoms with van der Waals surface area (Å²) in [6.45, 7) is 1.72. The summed E-state index contributed by atoms with van der Waals surface area (Å²) in [5.41, 5.74) is 2.32. The number of ether oxygens (including phenoxy) is 1. The first kappa shape index (κ1) is 14.0. The molecule has 1 atom stereocenters. The van der Waals surface area contributed by atoms with Gasteiger partial charge in [-0.15, -0.1) is 0 Å². The summed E-state index contributed by atoms with van der Waals surface area (Å²) in [6.07, 6.45) is -0.631. The summed E-state index contributed by atoms with van der Waals surface area (Å²) in [6, 6.07) is 13.3. The Morgan fingerprint density at radius 1 is 1.19 bits per heavy atom. The highest BCUT2D eigenvalue weighted by Crippen LogP contribution is 2.38. The standard InChI is InChI=1S/C16H15NO3S/c1-10(18)15-13(19-2)8-5-9-14(15)21-16-17-11-6-3-4-7-12(11)20-16/h3-10,18H,1-2H3/t10-/m1/s1. The molecular formula is C16H15NO3S. The molecule has 0 bridgehead atoms. The van der Waals surface area contributed by atoms with Crippen molar-refractivity contribution in [2.75, 3.05) is 7.11 Å². The molecule has 0 radical (unpaired) electrons. The third-order valence-electron chi connectivity index (χ3n) is 3.14. The number of methoxy groups -OCH3 is 1. The molecule has 0 unspecified atom stereocenters. The molecule has 2 aromatic carbocycles. The Balaban J connectivity index is 2.01. The van der Waals surface area contributed by atoms with Crippen molar-refractivity contribution in [3.63, 3.8) is 0 Å². The van der Waals surface area contributed by atoms with Gasteiger partial charge in [0, 0.05) is 10.5 Å². The van der Waals surface area contributed by atoms with Gasteiger partial charge in [0.2, 0.25) is 0 Å². The number of para-hydroxylation sites is 2. The fourth-order valence-corrected chi connectivity index (χ4v) is 3.18. The fourth-order valence-electron chi connectivity index (χ4n) is 2.19. The van der Waals surface area contributed by atoms with E-state index in [4.69, 9.17) is 9.15 Å². The van der Waals surface area contributed by atoms with Crippen molar-refractivity contribution in [3.8, 4) is 5.75 Å². The van der Waals surface area contributed by atoms with Crippen LogP contribution in [-0.2, 0) is 0 Å². The lowest BCUT2D eigenvalue weighted by Crippen LogP contribution is -1.98. The van der Waals surface area contributed by atoms with Gasteiger partial charge in [0.1, 0.15) is 11.3 Å². The molecule has 0 fully saturated rings. The molecule has 0 saturated carbocycles. The SMILES string of the molecule is COc1cccc(Sc2nc3ccccc3o2)c1[C@@H](C)O. The van der Waals surface area contributed by atoms with E-state index in [1.807, 2.05) is 42.5 Å². The monoisotopic (exact) mass is 301 g/mol. The van der Waals surface area contributed by atoms with Crippen molar-refractivity contribution < 1.29 is 14.3 Å². The number of benzene rings is 2. The summed E-state index contributed by atoms with van der Waals surface area (Å²) in [5.74, 6) is 0.658. The van der Waals surface area contributed by atoms with Gasteiger partial charge in [-0.25, -0.2) is 4.98 Å². The van der Waals surface area contributed by atoms with Gasteiger partial charge >= 0.3 is 0 Å². The van der Waals surface area contributed by atoms with Gasteiger partial charge < -0.3 is 14.3 Å². The molecule has 3 rings (SSSR count). The Bertz CT molecular complexity index is 734. The van der Waals surface area contributed by atoms with Crippen molar-refractivity contribution in [1.82, 2.24) is 4.98 Å². The quantitative estimate of drug-likeness (QED) is 0.788. The zero-order valence-electron chi connectivity index (χ0n) is 11.7. The summed E-state index contributed by atoms with van der Waals surface area (Å²) in [5, 5.41) is 10.5. The Morgan fingerprint density at radius 3 is 2.71 bits per heavy atom. The Morgan fingerprint density at radius 2 is 2.00 bits per heavy atom. The number of hydrogen-bond acceptors (Lipinski definition) is 5. The number of oxazole rings is 1. The predicted molar refractivity (Wildman–Crippen MR) is 81.8 cm³/mol. The molecular weight excluding hydrogens is 286 g/mol. The van der Waals surface area contributed by atoms with Crippen molar-refractivity contribution in [2.45, 2.75) is 23.1 Å². The molecule has 4 nitrogen and oxygen atoms in total. The minimum atomic E-state index is -0.631. The molecule has 0 spiro atoms. The first-order valence-electron chi connectivity index (χ1n) is 6.57. The first-order chi connectivity index (χ1) is 10.2. The second-order valence-electron chi connectivity index (χ2n) is 4.60. The number of aromatic nitrogens is 1. The van der Waals surface area contributed by atoms with Crippen molar-refractivity contribution in [2.24, 2.45) is 0 Å². The Kier molecular flexibility index (Phi) is 3.86. The molecule has 0 aliphatic rings. The maximum absolute atomic E-state index is 9.99. The second-order valence-corrected chi connectivity index (χ2v) is 5.59. The minimum absolute atomic E-state index is 0.548. The molecule has 0 aliphatic carbocycles. The lowest BCUT2D eigenvalue weighted by Gasteiger charge is -2.14. The zero-order chi connectivity index (χ0) is 14.8. The second kappa shape index (κ2) is 5.79. The average Bonchev–Trinajstić information content (AvgIpc) is 2.88. The van der Waals surface area contributed by atoms with Crippen LogP contribution in [0.4, 0.5) is 0 Å². The fraction of sp³-hybridized carbons (Fsp3) is 0.188. The van der Waals surface area contributed by atoms with Gasteiger partial charge in [-0.3, -0.25) is 0 Å². The number of aliphatic hydroxyl groups excluding tert-OH is 1. The summed E-state index contributed by atoms with van der Waals surface area (Å²) >= 11 is 1.38. The Hall–Kier alpha value is -1.98. The van der Waals surface area contributed by atoms with E-state index in [2.05, 4.69) is 4.98 Å². The van der Waals surface area contributed by atoms with Crippen LogP contribution in [0.1, 0.15) is 18.6 Å². The van der Waals surface area contributed by atoms with Crippen molar-refractivity contribution in [1.29, 1.82) is 0 Å². The average molecular weight is 301 g/mol. The number of nitrogens with zero attached hydrogens (tertiary/aromatic N) is 1. The van der Waals surface area contributed by atoms with Gasteiger partial charge in [0.05, 0.1) is 13.2 Å². The number of hydrogen-bond donors (Lipinski definition) is 1. The molecule has 0 aliphatic heterocycles. The highest BCUT2D eigenvalue weighted by atomic mass is 32.2. The molecule has 3 aromatic rings. The van der Waals surface area contributed by atoms with E-state index < -0.39 is 6.10 Å². The van der Waals surface area contributed by atoms with Crippen LogP contribution in [0.25, 0.3) is 11.1 Å². The maximum atomic E-state index is 9.99. The molecule has 0 amide bonds. The van der Waals surface area contributed by atoms with Crippen LogP contribution >= 0.6 is 11.8 Å². The third kappa shape index (κ3) is 2.75. The molecule has 21 heavy (non-hydrogen) atoms. The Labute approximate surface area is 126 Å². The van der Waals surface area contributed by atoms with Crippen LogP contribution < -0.4 is 4.74 Å². The van der Waals surface area contributed by atoms with Crippen LogP contribution in [0.15, 0.2) is 57.0 Å². The third-order valence-corrected chi connectivity index (χ3v) is 4.06. The van der Waals surface area contributed by atoms with E-state index in [9.17, 15) is 5.11 Å². The van der Waals surface area contributed by atoms with E-state index in [0.29, 0.717) is 11.0 Å². The minimum Gasteiger partial charge on any atom is -0.496 e. The largest absolute Gasteiger partial charge is 0.496 e. The smallest absolute Gasteiger partial charge is 0.261 e. The van der Waals surface area contributed by atoms with Gasteiger partial charge in [0.15, 0.2) is 5.58 Å². The topological polar surface area (TPSA) is 55.5 Å². The zero-order valence-corrected chi connectivity index (χ0v) is 12.6. The lowest BCUT2D eigenvalue weighted by molar-refractivity contribution is 0.191. The first-order valence-corrected chi connectivity index (χ1v) is 7.39. The van der Waals surface area contributed by atoms with E-state index >= 15 is 0 Å². The molecule has 0 saturated heterocycles. The van der Waals surface area contributed by atoms with Crippen molar-refractivity contribution >= 4 is 22.9 Å². The predicted octanol–water partition coefficient (Wildman–Crippen LogP) is 4.04. The van der Waals surface area contributed by atoms with Gasteiger partial charge in [0.25, 0.3) is 5.22 Å². The maximum Gasteiger partial charge on any atom is 0.261 e. The highest BCUT2D eigenvalue weighted by Gasteiger charge is 2.17. The summed E-state index contributed by atoms with van der Waals surface area (Å²) in [7, 11) is 1.59. The summed E-state index contributed by atoms with van der Waals surface area (Å²) in [4.78, 5) is 5.31. The lowest BCUT2D eigenvalue weighted by atomic mass is 10.1. The molecule has 1 aromatic heterocycles. The number of fused-ring (bicyclic) bond motifs is 1. The van der Waals surface area contributed by atoms with Gasteiger partial charge in [-0.05, 0) is 43.0 Å². The van der Waals surface area contributed by atoms with Crippen LogP contribution in [0, 0.1) is 0 Å². The number of rotatable bonds is 4. The van der Waals surface area contributed by atoms with Crippen LogP contribution in [-0.4, -0.2) is 17.2 Å². The molecule has 1 heterocycles.